The maximum Gasteiger partial charge on any atom is 0.220 e. The molecule has 1 aliphatic rings. The van der Waals surface area contributed by atoms with Gasteiger partial charge in [-0.1, -0.05) is 0 Å². The van der Waals surface area contributed by atoms with Crippen LogP contribution in [0.25, 0.3) is 0 Å². The Kier molecular flexibility index (Phi) is 2.49. The van der Waals surface area contributed by atoms with Crippen molar-refractivity contribution in [3.05, 3.63) is 0 Å². The van der Waals surface area contributed by atoms with Gasteiger partial charge in [0.2, 0.25) is 5.91 Å². The lowest BCUT2D eigenvalue weighted by molar-refractivity contribution is -0.123. The summed E-state index contributed by atoms with van der Waals surface area (Å²) < 4.78 is 0. The molecule has 0 saturated carbocycles. The summed E-state index contributed by atoms with van der Waals surface area (Å²) in [5.74, 6) is -0.0221. The highest BCUT2D eigenvalue weighted by atomic mass is 16.1. The molecule has 0 aromatic carbocycles. The molecular formula is C8H16N2O. The Hall–Kier alpha value is -0.570. The standard InChI is InChI=1S/C8H16N2O/c1-6-5-7(8(9)11)3-4-10(6)2/h6-7H,3-5H2,1-2H3,(H2,9,11). The van der Waals surface area contributed by atoms with E-state index in [1.165, 1.54) is 0 Å². The van der Waals surface area contributed by atoms with E-state index >= 15 is 0 Å². The summed E-state index contributed by atoms with van der Waals surface area (Å²) in [4.78, 5) is 13.1. The first-order valence-corrected chi connectivity index (χ1v) is 4.11. The number of carbonyl (C=O) groups excluding carboxylic acids is 1. The second kappa shape index (κ2) is 3.22. The second-order valence-corrected chi connectivity index (χ2v) is 3.45. The summed E-state index contributed by atoms with van der Waals surface area (Å²) in [5.41, 5.74) is 5.22. The first-order valence-electron chi connectivity index (χ1n) is 4.11. The normalized spacial score (nSPS) is 33.6. The van der Waals surface area contributed by atoms with Crippen LogP contribution in [0.2, 0.25) is 0 Å². The average Bonchev–Trinajstić information content (AvgIpc) is 1.94. The van der Waals surface area contributed by atoms with Crippen molar-refractivity contribution in [3.8, 4) is 0 Å². The molecule has 0 radical (unpaired) electrons. The van der Waals surface area contributed by atoms with Gasteiger partial charge >= 0.3 is 0 Å². The SMILES string of the molecule is CC1CC(C(N)=O)CCN1C. The molecule has 3 nitrogen and oxygen atoms in total. The molecular weight excluding hydrogens is 140 g/mol. The predicted molar refractivity (Wildman–Crippen MR) is 44.0 cm³/mol. The molecule has 1 rings (SSSR count). The van der Waals surface area contributed by atoms with Crippen molar-refractivity contribution in [3.63, 3.8) is 0 Å². The molecule has 2 unspecified atom stereocenters. The predicted octanol–water partition coefficient (Wildman–Crippen LogP) is 0.202. The van der Waals surface area contributed by atoms with E-state index in [4.69, 9.17) is 5.73 Å². The van der Waals surface area contributed by atoms with Gasteiger partial charge in [-0.3, -0.25) is 4.79 Å². The van der Waals surface area contributed by atoms with Crippen LogP contribution in [0.5, 0.6) is 0 Å². The molecule has 0 aromatic heterocycles. The zero-order valence-electron chi connectivity index (χ0n) is 7.21. The highest BCUT2D eigenvalue weighted by Crippen LogP contribution is 2.20. The number of amides is 1. The third-order valence-corrected chi connectivity index (χ3v) is 2.61. The summed E-state index contributed by atoms with van der Waals surface area (Å²) in [6, 6.07) is 0.501. The van der Waals surface area contributed by atoms with E-state index in [2.05, 4.69) is 18.9 Å². The Morgan fingerprint density at radius 1 is 1.64 bits per heavy atom. The van der Waals surface area contributed by atoms with Crippen molar-refractivity contribution in [1.29, 1.82) is 0 Å². The molecule has 11 heavy (non-hydrogen) atoms. The van der Waals surface area contributed by atoms with Crippen LogP contribution in [0.4, 0.5) is 0 Å². The van der Waals surface area contributed by atoms with Crippen molar-refractivity contribution in [1.82, 2.24) is 4.90 Å². The first-order chi connectivity index (χ1) is 5.11. The minimum Gasteiger partial charge on any atom is -0.369 e. The zero-order chi connectivity index (χ0) is 8.43. The van der Waals surface area contributed by atoms with Crippen LogP contribution < -0.4 is 5.73 Å². The third-order valence-electron chi connectivity index (χ3n) is 2.61. The number of piperidine rings is 1. The van der Waals surface area contributed by atoms with Crippen molar-refractivity contribution < 1.29 is 4.79 Å². The van der Waals surface area contributed by atoms with E-state index in [1.807, 2.05) is 0 Å². The number of nitrogens with two attached hydrogens (primary N) is 1. The minimum absolute atomic E-state index is 0.112. The van der Waals surface area contributed by atoms with E-state index in [0.717, 1.165) is 19.4 Å². The summed E-state index contributed by atoms with van der Waals surface area (Å²) in [5, 5.41) is 0. The summed E-state index contributed by atoms with van der Waals surface area (Å²) in [6.45, 7) is 3.13. The third kappa shape index (κ3) is 1.93. The van der Waals surface area contributed by atoms with E-state index in [9.17, 15) is 4.79 Å². The molecule has 1 saturated heterocycles. The summed E-state index contributed by atoms with van der Waals surface area (Å²) in [7, 11) is 2.09. The fourth-order valence-electron chi connectivity index (χ4n) is 1.55. The molecule has 0 aliphatic carbocycles. The maximum atomic E-state index is 10.8. The van der Waals surface area contributed by atoms with Gasteiger partial charge in [-0.2, -0.15) is 0 Å². The number of hydrogen-bond donors (Lipinski definition) is 1. The number of nitrogens with zero attached hydrogens (tertiary/aromatic N) is 1. The van der Waals surface area contributed by atoms with Gasteiger partial charge in [0, 0.05) is 12.0 Å². The van der Waals surface area contributed by atoms with Gasteiger partial charge < -0.3 is 10.6 Å². The molecule has 1 amide bonds. The lowest BCUT2D eigenvalue weighted by Crippen LogP contribution is -2.41. The van der Waals surface area contributed by atoms with Gasteiger partial charge in [-0.05, 0) is 33.4 Å². The van der Waals surface area contributed by atoms with Gasteiger partial charge in [0.05, 0.1) is 0 Å². The lowest BCUT2D eigenvalue weighted by Gasteiger charge is -2.33. The quantitative estimate of drug-likeness (QED) is 0.589. The van der Waals surface area contributed by atoms with Gasteiger partial charge in [-0.25, -0.2) is 0 Å². The fraction of sp³-hybridized carbons (Fsp3) is 0.875. The molecule has 3 heteroatoms. The topological polar surface area (TPSA) is 46.3 Å². The average molecular weight is 156 g/mol. The second-order valence-electron chi connectivity index (χ2n) is 3.45. The van der Waals surface area contributed by atoms with E-state index in [1.54, 1.807) is 0 Å². The van der Waals surface area contributed by atoms with Crippen LogP contribution in [0, 0.1) is 5.92 Å². The maximum absolute atomic E-state index is 10.8. The van der Waals surface area contributed by atoms with Crippen LogP contribution in [-0.2, 0) is 4.79 Å². The largest absolute Gasteiger partial charge is 0.369 e. The number of likely N-dealkylation sites (tertiary alicyclic amines) is 1. The molecule has 1 aliphatic heterocycles. The number of primary amides is 1. The van der Waals surface area contributed by atoms with Crippen molar-refractivity contribution in [2.45, 2.75) is 25.8 Å². The van der Waals surface area contributed by atoms with Crippen LogP contribution in [-0.4, -0.2) is 30.4 Å². The molecule has 0 bridgehead atoms. The number of carbonyl (C=O) groups is 1. The van der Waals surface area contributed by atoms with E-state index in [0.29, 0.717) is 6.04 Å². The Labute approximate surface area is 67.5 Å². The van der Waals surface area contributed by atoms with Crippen molar-refractivity contribution in [2.75, 3.05) is 13.6 Å². The van der Waals surface area contributed by atoms with Crippen molar-refractivity contribution in [2.24, 2.45) is 11.7 Å². The summed E-state index contributed by atoms with van der Waals surface area (Å²) in [6.07, 6.45) is 1.85. The Morgan fingerprint density at radius 3 is 2.73 bits per heavy atom. The Bertz CT molecular complexity index is 158. The molecule has 0 aromatic rings. The van der Waals surface area contributed by atoms with Gasteiger partial charge in [-0.15, -0.1) is 0 Å². The molecule has 1 heterocycles. The van der Waals surface area contributed by atoms with Crippen LogP contribution in [0.15, 0.2) is 0 Å². The van der Waals surface area contributed by atoms with Crippen LogP contribution in [0.3, 0.4) is 0 Å². The van der Waals surface area contributed by atoms with Gasteiger partial charge in [0.25, 0.3) is 0 Å². The molecule has 2 N–H and O–H groups in total. The smallest absolute Gasteiger partial charge is 0.220 e. The number of rotatable bonds is 1. The Balaban J connectivity index is 2.46. The van der Waals surface area contributed by atoms with Crippen molar-refractivity contribution >= 4 is 5.91 Å². The van der Waals surface area contributed by atoms with Crippen LogP contribution >= 0.6 is 0 Å². The molecule has 2 atom stereocenters. The van der Waals surface area contributed by atoms with Crippen LogP contribution in [0.1, 0.15) is 19.8 Å². The molecule has 1 fully saturated rings. The highest BCUT2D eigenvalue weighted by Gasteiger charge is 2.25. The molecule has 0 spiro atoms. The molecule has 64 valence electrons. The first kappa shape index (κ1) is 8.53. The fourth-order valence-corrected chi connectivity index (χ4v) is 1.55. The summed E-state index contributed by atoms with van der Waals surface area (Å²) >= 11 is 0. The van der Waals surface area contributed by atoms with Gasteiger partial charge in [0.15, 0.2) is 0 Å². The minimum atomic E-state index is -0.134. The zero-order valence-corrected chi connectivity index (χ0v) is 7.21. The lowest BCUT2D eigenvalue weighted by atomic mass is 9.92. The Morgan fingerprint density at radius 2 is 2.27 bits per heavy atom. The van der Waals surface area contributed by atoms with Gasteiger partial charge in [0.1, 0.15) is 0 Å². The highest BCUT2D eigenvalue weighted by molar-refractivity contribution is 5.76. The van der Waals surface area contributed by atoms with E-state index in [-0.39, 0.29) is 11.8 Å². The monoisotopic (exact) mass is 156 g/mol. The number of hydrogen-bond acceptors (Lipinski definition) is 2. The van der Waals surface area contributed by atoms with E-state index < -0.39 is 0 Å².